The number of nitrogens with zero attached hydrogens (tertiary/aromatic N) is 3. The van der Waals surface area contributed by atoms with E-state index in [2.05, 4.69) is 26.8 Å². The Bertz CT molecular complexity index is 875. The Hall–Kier alpha value is -3.21. The lowest BCUT2D eigenvalue weighted by atomic mass is 10.1. The van der Waals surface area contributed by atoms with Gasteiger partial charge in [0.1, 0.15) is 11.6 Å². The highest BCUT2D eigenvalue weighted by atomic mass is 15.1. The van der Waals surface area contributed by atoms with Crippen LogP contribution < -0.4 is 11.1 Å². The minimum Gasteiger partial charge on any atom is -0.383 e. The molecule has 0 amide bonds. The van der Waals surface area contributed by atoms with Crippen LogP contribution in [0.1, 0.15) is 16.8 Å². The van der Waals surface area contributed by atoms with Crippen LogP contribution in [-0.4, -0.2) is 21.5 Å². The number of nitrogens with two attached hydrogens (primary N) is 1. The highest BCUT2D eigenvalue weighted by Gasteiger charge is 2.11. The molecule has 25 heavy (non-hydrogen) atoms. The minimum absolute atomic E-state index is 0.418. The third-order valence-corrected chi connectivity index (χ3v) is 3.86. The molecular formula is C20H21N5. The lowest BCUT2D eigenvalue weighted by Gasteiger charge is -2.12. The molecule has 1 aromatic carbocycles. The molecule has 0 bridgehead atoms. The van der Waals surface area contributed by atoms with Gasteiger partial charge in [-0.25, -0.2) is 9.97 Å². The van der Waals surface area contributed by atoms with Gasteiger partial charge in [-0.2, -0.15) is 0 Å². The molecule has 0 radical (unpaired) electrons. The van der Waals surface area contributed by atoms with Crippen molar-refractivity contribution in [2.45, 2.75) is 13.3 Å². The number of rotatable bonds is 6. The standard InChI is InChI=1S/C20H21N5/c1-3-17-18(21)24-19(15-8-6-7-14(2)13-15)25-20(17)23-12-10-16-9-4-5-11-22-16/h3-9,11,13H,1,10,12H2,2H3,(H3,21,23,24,25). The van der Waals surface area contributed by atoms with E-state index in [0.717, 1.165) is 28.8 Å². The van der Waals surface area contributed by atoms with E-state index in [1.165, 1.54) is 0 Å². The number of nitrogens with one attached hydrogen (secondary N) is 1. The Morgan fingerprint density at radius 2 is 2.04 bits per heavy atom. The van der Waals surface area contributed by atoms with E-state index in [0.29, 0.717) is 24.0 Å². The first-order valence-corrected chi connectivity index (χ1v) is 8.18. The maximum atomic E-state index is 6.12. The van der Waals surface area contributed by atoms with Crippen LogP contribution in [0.5, 0.6) is 0 Å². The Morgan fingerprint density at radius 1 is 1.16 bits per heavy atom. The number of anilines is 2. The number of nitrogen functional groups attached to an aromatic ring is 1. The van der Waals surface area contributed by atoms with E-state index in [9.17, 15) is 0 Å². The summed E-state index contributed by atoms with van der Waals surface area (Å²) in [5.41, 5.74) is 9.95. The predicted octanol–water partition coefficient (Wildman–Crippen LogP) is 3.73. The molecule has 5 nitrogen and oxygen atoms in total. The van der Waals surface area contributed by atoms with Crippen molar-refractivity contribution in [3.05, 3.63) is 72.1 Å². The minimum atomic E-state index is 0.418. The molecule has 5 heteroatoms. The zero-order valence-corrected chi connectivity index (χ0v) is 14.2. The highest BCUT2D eigenvalue weighted by Crippen LogP contribution is 2.25. The second-order valence-electron chi connectivity index (χ2n) is 5.77. The number of pyridine rings is 1. The molecule has 0 saturated carbocycles. The summed E-state index contributed by atoms with van der Waals surface area (Å²) in [4.78, 5) is 13.4. The van der Waals surface area contributed by atoms with E-state index in [1.54, 1.807) is 12.3 Å². The van der Waals surface area contributed by atoms with Crippen molar-refractivity contribution in [3.8, 4) is 11.4 Å². The highest BCUT2D eigenvalue weighted by molar-refractivity contribution is 5.74. The molecule has 0 saturated heterocycles. The third-order valence-electron chi connectivity index (χ3n) is 3.86. The van der Waals surface area contributed by atoms with Crippen molar-refractivity contribution in [2.24, 2.45) is 0 Å². The number of hydrogen-bond donors (Lipinski definition) is 2. The Balaban J connectivity index is 1.85. The molecule has 2 heterocycles. The van der Waals surface area contributed by atoms with Crippen LogP contribution in [0, 0.1) is 6.92 Å². The molecule has 126 valence electrons. The fraction of sp³-hybridized carbons (Fsp3) is 0.150. The van der Waals surface area contributed by atoms with E-state index < -0.39 is 0 Å². The fourth-order valence-electron chi connectivity index (χ4n) is 2.59. The van der Waals surface area contributed by atoms with Gasteiger partial charge in [-0.1, -0.05) is 42.5 Å². The Kier molecular flexibility index (Phi) is 5.04. The normalized spacial score (nSPS) is 10.4. The smallest absolute Gasteiger partial charge is 0.163 e. The third kappa shape index (κ3) is 4.01. The average Bonchev–Trinajstić information content (AvgIpc) is 2.62. The van der Waals surface area contributed by atoms with Gasteiger partial charge in [0.2, 0.25) is 0 Å². The van der Waals surface area contributed by atoms with Crippen molar-refractivity contribution in [1.29, 1.82) is 0 Å². The second kappa shape index (κ2) is 7.57. The van der Waals surface area contributed by atoms with Gasteiger partial charge in [0.05, 0.1) is 5.56 Å². The summed E-state index contributed by atoms with van der Waals surface area (Å²) in [7, 11) is 0. The molecule has 3 N–H and O–H groups in total. The van der Waals surface area contributed by atoms with Gasteiger partial charge in [0, 0.05) is 30.4 Å². The fourth-order valence-corrected chi connectivity index (χ4v) is 2.59. The van der Waals surface area contributed by atoms with Gasteiger partial charge in [-0.3, -0.25) is 4.98 Å². The van der Waals surface area contributed by atoms with Gasteiger partial charge in [-0.15, -0.1) is 0 Å². The van der Waals surface area contributed by atoms with Crippen molar-refractivity contribution in [2.75, 3.05) is 17.6 Å². The lowest BCUT2D eigenvalue weighted by Crippen LogP contribution is -2.11. The van der Waals surface area contributed by atoms with Gasteiger partial charge in [0.15, 0.2) is 5.82 Å². The van der Waals surface area contributed by atoms with Gasteiger partial charge >= 0.3 is 0 Å². The van der Waals surface area contributed by atoms with Crippen molar-refractivity contribution >= 4 is 17.7 Å². The zero-order chi connectivity index (χ0) is 17.6. The molecule has 0 aliphatic carbocycles. The quantitative estimate of drug-likeness (QED) is 0.720. The molecule has 0 aliphatic rings. The largest absolute Gasteiger partial charge is 0.383 e. The molecule has 3 aromatic rings. The predicted molar refractivity (Wildman–Crippen MR) is 103 cm³/mol. The number of hydrogen-bond acceptors (Lipinski definition) is 5. The summed E-state index contributed by atoms with van der Waals surface area (Å²) >= 11 is 0. The van der Waals surface area contributed by atoms with Crippen molar-refractivity contribution < 1.29 is 0 Å². The van der Waals surface area contributed by atoms with Crippen LogP contribution in [0.15, 0.2) is 55.2 Å². The van der Waals surface area contributed by atoms with Gasteiger partial charge in [-0.05, 0) is 25.1 Å². The topological polar surface area (TPSA) is 76.7 Å². The first-order chi connectivity index (χ1) is 12.2. The molecule has 3 rings (SSSR count). The van der Waals surface area contributed by atoms with Crippen LogP contribution in [0.3, 0.4) is 0 Å². The van der Waals surface area contributed by atoms with Crippen LogP contribution in [0.2, 0.25) is 0 Å². The van der Waals surface area contributed by atoms with E-state index >= 15 is 0 Å². The summed E-state index contributed by atoms with van der Waals surface area (Å²) in [6.45, 7) is 6.56. The summed E-state index contributed by atoms with van der Waals surface area (Å²) in [5, 5.41) is 3.34. The monoisotopic (exact) mass is 331 g/mol. The average molecular weight is 331 g/mol. The molecule has 0 spiro atoms. The van der Waals surface area contributed by atoms with Crippen LogP contribution >= 0.6 is 0 Å². The van der Waals surface area contributed by atoms with E-state index in [1.807, 2.05) is 49.4 Å². The summed E-state index contributed by atoms with van der Waals surface area (Å²) in [6, 6.07) is 13.9. The Labute approximate surface area is 147 Å². The Morgan fingerprint density at radius 3 is 2.76 bits per heavy atom. The molecule has 0 fully saturated rings. The lowest BCUT2D eigenvalue weighted by molar-refractivity contribution is 0.951. The summed E-state index contributed by atoms with van der Waals surface area (Å²) in [6.07, 6.45) is 4.27. The summed E-state index contributed by atoms with van der Waals surface area (Å²) in [5.74, 6) is 1.71. The molecule has 2 aromatic heterocycles. The first-order valence-electron chi connectivity index (χ1n) is 8.18. The number of aromatic nitrogens is 3. The van der Waals surface area contributed by atoms with E-state index in [-0.39, 0.29) is 0 Å². The number of aryl methyl sites for hydroxylation is 1. The number of benzene rings is 1. The van der Waals surface area contributed by atoms with Crippen molar-refractivity contribution in [1.82, 2.24) is 15.0 Å². The van der Waals surface area contributed by atoms with Crippen LogP contribution in [0.4, 0.5) is 11.6 Å². The maximum absolute atomic E-state index is 6.12. The second-order valence-corrected chi connectivity index (χ2v) is 5.77. The molecule has 0 atom stereocenters. The van der Waals surface area contributed by atoms with Crippen molar-refractivity contribution in [3.63, 3.8) is 0 Å². The molecule has 0 aliphatic heterocycles. The SMILES string of the molecule is C=Cc1c(N)nc(-c2cccc(C)c2)nc1NCCc1ccccn1. The summed E-state index contributed by atoms with van der Waals surface area (Å²) < 4.78 is 0. The van der Waals surface area contributed by atoms with Gasteiger partial charge < -0.3 is 11.1 Å². The zero-order valence-electron chi connectivity index (χ0n) is 14.2. The van der Waals surface area contributed by atoms with Gasteiger partial charge in [0.25, 0.3) is 0 Å². The molecular weight excluding hydrogens is 310 g/mol. The first kappa shape index (κ1) is 16.6. The van der Waals surface area contributed by atoms with Crippen LogP contribution in [0.25, 0.3) is 17.5 Å². The molecule has 0 unspecified atom stereocenters. The maximum Gasteiger partial charge on any atom is 0.163 e. The van der Waals surface area contributed by atoms with Crippen LogP contribution in [-0.2, 0) is 6.42 Å². The van der Waals surface area contributed by atoms with E-state index in [4.69, 9.17) is 5.73 Å².